The molecule has 0 saturated carbocycles. The minimum Gasteiger partial charge on any atom is -0.319 e. The van der Waals surface area contributed by atoms with Gasteiger partial charge in [0.2, 0.25) is 0 Å². The number of hydrogen-bond donors (Lipinski definition) is 1. The van der Waals surface area contributed by atoms with Crippen LogP contribution in [-0.4, -0.2) is 46.6 Å². The number of benzene rings is 2. The number of aryl methyl sites for hydroxylation is 1. The van der Waals surface area contributed by atoms with Gasteiger partial charge >= 0.3 is 6.03 Å². The average molecular weight is 403 g/mol. The van der Waals surface area contributed by atoms with Crippen molar-refractivity contribution in [1.82, 2.24) is 15.1 Å². The molecule has 7 nitrogen and oxygen atoms in total. The van der Waals surface area contributed by atoms with Gasteiger partial charge in [0.15, 0.2) is 0 Å². The Bertz CT molecular complexity index is 1060. The van der Waals surface area contributed by atoms with E-state index in [9.17, 15) is 19.2 Å². The van der Waals surface area contributed by atoms with Gasteiger partial charge in [-0.2, -0.15) is 0 Å². The number of nitrogens with one attached hydrogen (secondary N) is 1. The Hall–Kier alpha value is -3.48. The molecule has 5 rings (SSSR count). The number of amides is 5. The van der Waals surface area contributed by atoms with Crippen LogP contribution in [0.2, 0.25) is 0 Å². The van der Waals surface area contributed by atoms with Crippen molar-refractivity contribution in [2.45, 2.75) is 31.2 Å². The zero-order valence-electron chi connectivity index (χ0n) is 16.4. The predicted octanol–water partition coefficient (Wildman–Crippen LogP) is 2.46. The summed E-state index contributed by atoms with van der Waals surface area (Å²) in [6.45, 7) is 0.314. The Morgan fingerprint density at radius 1 is 0.833 bits per heavy atom. The van der Waals surface area contributed by atoms with Crippen LogP contribution in [0.4, 0.5) is 4.79 Å². The third kappa shape index (κ3) is 2.58. The molecule has 1 fully saturated rings. The van der Waals surface area contributed by atoms with Crippen LogP contribution >= 0.6 is 0 Å². The van der Waals surface area contributed by atoms with Crippen LogP contribution in [0.5, 0.6) is 0 Å². The summed E-state index contributed by atoms with van der Waals surface area (Å²) in [5.41, 5.74) is 1.76. The molecule has 3 aliphatic rings. The van der Waals surface area contributed by atoms with Gasteiger partial charge in [0.1, 0.15) is 5.54 Å². The van der Waals surface area contributed by atoms with Gasteiger partial charge in [-0.3, -0.25) is 24.2 Å². The summed E-state index contributed by atoms with van der Waals surface area (Å²) in [4.78, 5) is 53.3. The van der Waals surface area contributed by atoms with Crippen molar-refractivity contribution in [3.63, 3.8) is 0 Å². The van der Waals surface area contributed by atoms with Gasteiger partial charge < -0.3 is 5.32 Å². The molecule has 2 aromatic carbocycles. The molecule has 7 heteroatoms. The van der Waals surface area contributed by atoms with Crippen molar-refractivity contribution in [2.75, 3.05) is 13.1 Å². The number of carbonyl (C=O) groups is 4. The van der Waals surface area contributed by atoms with Gasteiger partial charge in [0.05, 0.1) is 11.1 Å². The molecule has 152 valence electrons. The number of hydrogen-bond acceptors (Lipinski definition) is 4. The normalized spacial score (nSPS) is 22.5. The average Bonchev–Trinajstić information content (AvgIpc) is 3.14. The maximum atomic E-state index is 13.3. The number of rotatable bonds is 4. The SMILES string of the molecule is O=C1NC2(CCCc3ccccc32)C(=O)N1CCCN1C(=O)c2ccccc2C1=O. The molecule has 1 N–H and O–H groups in total. The highest BCUT2D eigenvalue weighted by molar-refractivity contribution is 6.21. The summed E-state index contributed by atoms with van der Waals surface area (Å²) in [6.07, 6.45) is 2.62. The van der Waals surface area contributed by atoms with Crippen molar-refractivity contribution in [3.05, 3.63) is 70.8 Å². The minimum absolute atomic E-state index is 0.155. The number of fused-ring (bicyclic) bond motifs is 3. The Kier molecular flexibility index (Phi) is 4.20. The van der Waals surface area contributed by atoms with E-state index in [4.69, 9.17) is 0 Å². The first-order valence-corrected chi connectivity index (χ1v) is 10.2. The second kappa shape index (κ2) is 6.79. The highest BCUT2D eigenvalue weighted by Crippen LogP contribution is 2.39. The number of carbonyl (C=O) groups excluding carboxylic acids is 4. The highest BCUT2D eigenvalue weighted by Gasteiger charge is 2.53. The van der Waals surface area contributed by atoms with Gasteiger partial charge in [0, 0.05) is 13.1 Å². The molecule has 1 spiro atoms. The summed E-state index contributed by atoms with van der Waals surface area (Å²) in [6, 6.07) is 14.0. The van der Waals surface area contributed by atoms with E-state index in [0.717, 1.165) is 24.0 Å². The van der Waals surface area contributed by atoms with Crippen LogP contribution in [0.1, 0.15) is 51.1 Å². The van der Waals surface area contributed by atoms with Crippen molar-refractivity contribution in [1.29, 1.82) is 0 Å². The fraction of sp³-hybridized carbons (Fsp3) is 0.304. The third-order valence-electron chi connectivity index (χ3n) is 6.29. The van der Waals surface area contributed by atoms with E-state index in [1.807, 2.05) is 24.3 Å². The maximum Gasteiger partial charge on any atom is 0.325 e. The molecule has 30 heavy (non-hydrogen) atoms. The maximum absolute atomic E-state index is 13.3. The summed E-state index contributed by atoms with van der Waals surface area (Å²) >= 11 is 0. The second-order valence-corrected chi connectivity index (χ2v) is 7.96. The molecule has 0 aromatic heterocycles. The standard InChI is InChI=1S/C23H21N3O4/c27-19-16-9-2-3-10-17(16)20(28)25(19)13-6-14-26-21(29)23(24-22(26)30)12-5-8-15-7-1-4-11-18(15)23/h1-4,7,9-11H,5-6,8,12-14H2,(H,24,30). The lowest BCUT2D eigenvalue weighted by Gasteiger charge is -2.33. The molecule has 2 aromatic rings. The molecule has 2 aliphatic heterocycles. The Balaban J connectivity index is 1.30. The van der Waals surface area contributed by atoms with E-state index in [1.165, 1.54) is 9.80 Å². The van der Waals surface area contributed by atoms with Crippen LogP contribution in [-0.2, 0) is 16.8 Å². The van der Waals surface area contributed by atoms with Crippen LogP contribution < -0.4 is 5.32 Å². The monoisotopic (exact) mass is 403 g/mol. The Morgan fingerprint density at radius 2 is 1.47 bits per heavy atom. The van der Waals surface area contributed by atoms with Crippen LogP contribution in [0.15, 0.2) is 48.5 Å². The van der Waals surface area contributed by atoms with Crippen molar-refractivity contribution in [3.8, 4) is 0 Å². The summed E-state index contributed by atoms with van der Waals surface area (Å²) in [5, 5.41) is 2.93. The first kappa shape index (κ1) is 18.5. The largest absolute Gasteiger partial charge is 0.325 e. The Labute approximate surface area is 173 Å². The van der Waals surface area contributed by atoms with Crippen molar-refractivity contribution in [2.24, 2.45) is 0 Å². The molecule has 1 aliphatic carbocycles. The molecule has 1 unspecified atom stereocenters. The fourth-order valence-corrected chi connectivity index (χ4v) is 4.84. The molecular weight excluding hydrogens is 382 g/mol. The fourth-order valence-electron chi connectivity index (χ4n) is 4.84. The second-order valence-electron chi connectivity index (χ2n) is 7.96. The highest BCUT2D eigenvalue weighted by atomic mass is 16.2. The van der Waals surface area contributed by atoms with Gasteiger partial charge in [-0.15, -0.1) is 0 Å². The first-order chi connectivity index (χ1) is 14.5. The number of imide groups is 2. The lowest BCUT2D eigenvalue weighted by atomic mass is 9.76. The van der Waals surface area contributed by atoms with E-state index in [1.54, 1.807) is 24.3 Å². The van der Waals surface area contributed by atoms with E-state index in [0.29, 0.717) is 24.0 Å². The zero-order valence-corrected chi connectivity index (χ0v) is 16.4. The van der Waals surface area contributed by atoms with Gasteiger partial charge in [-0.25, -0.2) is 4.79 Å². The molecule has 2 heterocycles. The minimum atomic E-state index is -0.999. The van der Waals surface area contributed by atoms with E-state index < -0.39 is 11.6 Å². The smallest absolute Gasteiger partial charge is 0.319 e. The number of urea groups is 1. The summed E-state index contributed by atoms with van der Waals surface area (Å²) < 4.78 is 0. The first-order valence-electron chi connectivity index (χ1n) is 10.2. The topological polar surface area (TPSA) is 86.8 Å². The quantitative estimate of drug-likeness (QED) is 0.628. The van der Waals surface area contributed by atoms with Gasteiger partial charge in [-0.05, 0) is 48.9 Å². The van der Waals surface area contributed by atoms with E-state index in [2.05, 4.69) is 5.32 Å². The molecule has 1 saturated heterocycles. The number of nitrogens with zero attached hydrogens (tertiary/aromatic N) is 2. The third-order valence-corrected chi connectivity index (χ3v) is 6.29. The van der Waals surface area contributed by atoms with Crippen molar-refractivity contribution < 1.29 is 19.2 Å². The molecule has 0 radical (unpaired) electrons. The van der Waals surface area contributed by atoms with Crippen molar-refractivity contribution >= 4 is 23.8 Å². The lowest BCUT2D eigenvalue weighted by Crippen LogP contribution is -2.46. The molecule has 1 atom stereocenters. The Morgan fingerprint density at radius 3 is 2.20 bits per heavy atom. The lowest BCUT2D eigenvalue weighted by molar-refractivity contribution is -0.132. The molecule has 5 amide bonds. The molecular formula is C23H21N3O4. The van der Waals surface area contributed by atoms with Crippen LogP contribution in [0.3, 0.4) is 0 Å². The van der Waals surface area contributed by atoms with Crippen LogP contribution in [0, 0.1) is 0 Å². The predicted molar refractivity (Wildman–Crippen MR) is 108 cm³/mol. The van der Waals surface area contributed by atoms with Gasteiger partial charge in [0.25, 0.3) is 17.7 Å². The van der Waals surface area contributed by atoms with E-state index in [-0.39, 0.29) is 30.8 Å². The van der Waals surface area contributed by atoms with Crippen LogP contribution in [0.25, 0.3) is 0 Å². The van der Waals surface area contributed by atoms with E-state index >= 15 is 0 Å². The summed E-state index contributed by atoms with van der Waals surface area (Å²) in [7, 11) is 0. The molecule has 0 bridgehead atoms. The van der Waals surface area contributed by atoms with Gasteiger partial charge in [-0.1, -0.05) is 36.4 Å². The summed E-state index contributed by atoms with van der Waals surface area (Å²) in [5.74, 6) is -0.905. The zero-order chi connectivity index (χ0) is 20.9.